The van der Waals surface area contributed by atoms with Gasteiger partial charge < -0.3 is 19.5 Å². The number of hydrogen-bond donors (Lipinski definition) is 1. The number of nitriles is 1. The molecule has 1 saturated heterocycles. The number of rotatable bonds is 3. The van der Waals surface area contributed by atoms with Gasteiger partial charge in [-0.1, -0.05) is 0 Å². The number of anilines is 1. The molecule has 2 aliphatic heterocycles. The minimum absolute atomic E-state index is 0.236. The number of phenols is 1. The van der Waals surface area contributed by atoms with E-state index in [1.54, 1.807) is 18.3 Å². The van der Waals surface area contributed by atoms with E-state index in [0.29, 0.717) is 36.8 Å². The molecule has 7 heteroatoms. The van der Waals surface area contributed by atoms with Gasteiger partial charge in [-0.2, -0.15) is 5.26 Å². The molecule has 26 heavy (non-hydrogen) atoms. The molecule has 0 aliphatic carbocycles. The molecule has 2 aromatic rings. The topological polar surface area (TPSA) is 81.9 Å². The van der Waals surface area contributed by atoms with Gasteiger partial charge >= 0.3 is 0 Å². The number of aromatic nitrogens is 1. The van der Waals surface area contributed by atoms with E-state index in [1.807, 2.05) is 12.1 Å². The van der Waals surface area contributed by atoms with Crippen molar-refractivity contribution < 1.29 is 14.6 Å². The summed E-state index contributed by atoms with van der Waals surface area (Å²) in [6.07, 6.45) is 1.67. The maximum Gasteiger partial charge on any atom is 0.165 e. The fraction of sp³-hybridized carbons (Fsp3) is 0.368. The van der Waals surface area contributed by atoms with Crippen LogP contribution in [0.25, 0.3) is 0 Å². The third kappa shape index (κ3) is 3.37. The molecule has 0 atom stereocenters. The van der Waals surface area contributed by atoms with Crippen molar-refractivity contribution in [3.8, 4) is 23.3 Å². The Balaban J connectivity index is 1.40. The van der Waals surface area contributed by atoms with E-state index < -0.39 is 0 Å². The molecule has 3 heterocycles. The smallest absolute Gasteiger partial charge is 0.165 e. The van der Waals surface area contributed by atoms with Gasteiger partial charge in [0.25, 0.3) is 0 Å². The number of ether oxygens (including phenoxy) is 2. The third-order valence-corrected chi connectivity index (χ3v) is 4.71. The number of pyridine rings is 1. The van der Waals surface area contributed by atoms with Crippen LogP contribution in [-0.2, 0) is 6.54 Å². The molecule has 7 nitrogen and oxygen atoms in total. The lowest BCUT2D eigenvalue weighted by Crippen LogP contribution is -2.46. The van der Waals surface area contributed by atoms with E-state index in [4.69, 9.17) is 14.7 Å². The predicted octanol–water partition coefficient (Wildman–Crippen LogP) is 1.75. The number of hydrogen-bond acceptors (Lipinski definition) is 7. The van der Waals surface area contributed by atoms with Crippen LogP contribution < -0.4 is 14.4 Å². The lowest BCUT2D eigenvalue weighted by Gasteiger charge is -2.35. The van der Waals surface area contributed by atoms with Gasteiger partial charge in [0.15, 0.2) is 11.5 Å². The zero-order chi connectivity index (χ0) is 17.9. The van der Waals surface area contributed by atoms with Gasteiger partial charge in [-0.05, 0) is 18.2 Å². The SMILES string of the molecule is N#Cc1ccnc(N2CCN(Cc3cc4c(cc3O)OCCO4)CC2)c1. The summed E-state index contributed by atoms with van der Waals surface area (Å²) < 4.78 is 11.1. The summed E-state index contributed by atoms with van der Waals surface area (Å²) in [4.78, 5) is 8.84. The molecule has 1 aromatic heterocycles. The van der Waals surface area contributed by atoms with Crippen LogP contribution >= 0.6 is 0 Å². The number of piperazine rings is 1. The van der Waals surface area contributed by atoms with Gasteiger partial charge in [0.05, 0.1) is 11.6 Å². The molecule has 0 saturated carbocycles. The first-order valence-electron chi connectivity index (χ1n) is 8.68. The maximum atomic E-state index is 10.3. The van der Waals surface area contributed by atoms with Crippen molar-refractivity contribution in [2.45, 2.75) is 6.54 Å². The molecular weight excluding hydrogens is 332 g/mol. The zero-order valence-electron chi connectivity index (χ0n) is 14.4. The van der Waals surface area contributed by atoms with Crippen LogP contribution in [-0.4, -0.2) is 54.4 Å². The van der Waals surface area contributed by atoms with Crippen molar-refractivity contribution in [2.24, 2.45) is 0 Å². The Hall–Kier alpha value is -2.98. The number of benzene rings is 1. The molecule has 1 N–H and O–H groups in total. The highest BCUT2D eigenvalue weighted by molar-refractivity contribution is 5.51. The monoisotopic (exact) mass is 352 g/mol. The van der Waals surface area contributed by atoms with Gasteiger partial charge in [-0.25, -0.2) is 4.98 Å². The number of aromatic hydroxyl groups is 1. The van der Waals surface area contributed by atoms with Crippen LogP contribution in [0.2, 0.25) is 0 Å². The third-order valence-electron chi connectivity index (χ3n) is 4.71. The van der Waals surface area contributed by atoms with Gasteiger partial charge in [-0.15, -0.1) is 0 Å². The van der Waals surface area contributed by atoms with Crippen LogP contribution in [0.3, 0.4) is 0 Å². The quantitative estimate of drug-likeness (QED) is 0.901. The first-order chi connectivity index (χ1) is 12.7. The van der Waals surface area contributed by atoms with E-state index in [-0.39, 0.29) is 5.75 Å². The molecule has 4 rings (SSSR count). The van der Waals surface area contributed by atoms with E-state index in [0.717, 1.165) is 37.6 Å². The van der Waals surface area contributed by atoms with Crippen molar-refractivity contribution in [3.05, 3.63) is 41.6 Å². The number of fused-ring (bicyclic) bond motifs is 1. The standard InChI is InChI=1S/C19H20N4O3/c20-12-14-1-2-21-19(9-14)23-5-3-22(4-6-23)13-15-10-17-18(11-16(15)24)26-8-7-25-17/h1-2,9-11,24H,3-8,13H2. The lowest BCUT2D eigenvalue weighted by atomic mass is 10.1. The predicted molar refractivity (Wildman–Crippen MR) is 95.5 cm³/mol. The molecular formula is C19H20N4O3. The highest BCUT2D eigenvalue weighted by atomic mass is 16.6. The summed E-state index contributed by atoms with van der Waals surface area (Å²) in [6, 6.07) is 9.19. The fourth-order valence-corrected chi connectivity index (χ4v) is 3.28. The Morgan fingerprint density at radius 3 is 2.54 bits per heavy atom. The largest absolute Gasteiger partial charge is 0.507 e. The molecule has 134 valence electrons. The summed E-state index contributed by atoms with van der Waals surface area (Å²) in [5.74, 6) is 2.37. The highest BCUT2D eigenvalue weighted by Gasteiger charge is 2.21. The van der Waals surface area contributed by atoms with Crippen LogP contribution in [0, 0.1) is 11.3 Å². The summed E-state index contributed by atoms with van der Waals surface area (Å²) in [6.45, 7) is 5.06. The average molecular weight is 352 g/mol. The van der Waals surface area contributed by atoms with Crippen molar-refractivity contribution in [3.63, 3.8) is 0 Å². The van der Waals surface area contributed by atoms with E-state index in [2.05, 4.69) is 20.9 Å². The Labute approximate surface area is 152 Å². The first-order valence-corrected chi connectivity index (χ1v) is 8.68. The Bertz CT molecular complexity index is 841. The summed E-state index contributed by atoms with van der Waals surface area (Å²) in [5, 5.41) is 19.3. The second kappa shape index (κ2) is 7.10. The summed E-state index contributed by atoms with van der Waals surface area (Å²) in [5.41, 5.74) is 1.46. The fourth-order valence-electron chi connectivity index (χ4n) is 3.28. The molecule has 1 fully saturated rings. The van der Waals surface area contributed by atoms with E-state index in [9.17, 15) is 5.11 Å². The number of phenolic OH excluding ortho intramolecular Hbond substituents is 1. The van der Waals surface area contributed by atoms with Crippen molar-refractivity contribution >= 4 is 5.82 Å². The normalized spacial score (nSPS) is 17.0. The van der Waals surface area contributed by atoms with Gasteiger partial charge in [0.1, 0.15) is 24.8 Å². The molecule has 0 amide bonds. The van der Waals surface area contributed by atoms with Crippen LogP contribution in [0.5, 0.6) is 17.2 Å². The molecule has 0 bridgehead atoms. The molecule has 2 aliphatic rings. The summed E-state index contributed by atoms with van der Waals surface area (Å²) >= 11 is 0. The second-order valence-electron chi connectivity index (χ2n) is 6.40. The lowest BCUT2D eigenvalue weighted by molar-refractivity contribution is 0.170. The van der Waals surface area contributed by atoms with Crippen molar-refractivity contribution in [1.29, 1.82) is 5.26 Å². The molecule has 0 spiro atoms. The van der Waals surface area contributed by atoms with Gasteiger partial charge in [-0.3, -0.25) is 4.90 Å². The minimum Gasteiger partial charge on any atom is -0.507 e. The maximum absolute atomic E-state index is 10.3. The second-order valence-corrected chi connectivity index (χ2v) is 6.40. The summed E-state index contributed by atoms with van der Waals surface area (Å²) in [7, 11) is 0. The Morgan fingerprint density at radius 2 is 1.81 bits per heavy atom. The van der Waals surface area contributed by atoms with Crippen LogP contribution in [0.15, 0.2) is 30.5 Å². The molecule has 0 radical (unpaired) electrons. The van der Waals surface area contributed by atoms with E-state index >= 15 is 0 Å². The van der Waals surface area contributed by atoms with Gasteiger partial charge in [0, 0.05) is 50.6 Å². The number of nitrogens with zero attached hydrogens (tertiary/aromatic N) is 4. The molecule has 1 aromatic carbocycles. The first kappa shape index (κ1) is 16.5. The Kier molecular flexibility index (Phi) is 4.50. The average Bonchev–Trinajstić information content (AvgIpc) is 2.69. The zero-order valence-corrected chi connectivity index (χ0v) is 14.4. The van der Waals surface area contributed by atoms with Crippen molar-refractivity contribution in [1.82, 2.24) is 9.88 Å². The Morgan fingerprint density at radius 1 is 1.08 bits per heavy atom. The van der Waals surface area contributed by atoms with Crippen molar-refractivity contribution in [2.75, 3.05) is 44.3 Å². The highest BCUT2D eigenvalue weighted by Crippen LogP contribution is 2.36. The molecule has 0 unspecified atom stereocenters. The van der Waals surface area contributed by atoms with E-state index in [1.165, 1.54) is 0 Å². The van der Waals surface area contributed by atoms with Crippen LogP contribution in [0.1, 0.15) is 11.1 Å². The van der Waals surface area contributed by atoms with Crippen LogP contribution in [0.4, 0.5) is 5.82 Å². The van der Waals surface area contributed by atoms with Gasteiger partial charge in [0.2, 0.25) is 0 Å². The minimum atomic E-state index is 0.236.